The molecule has 0 aliphatic carbocycles. The van der Waals surface area contributed by atoms with Gasteiger partial charge in [-0.15, -0.1) is 0 Å². The van der Waals surface area contributed by atoms with Crippen molar-refractivity contribution in [2.24, 2.45) is 0 Å². The smallest absolute Gasteiger partial charge is 0.343 e. The fourth-order valence-electron chi connectivity index (χ4n) is 1.78. The summed E-state index contributed by atoms with van der Waals surface area (Å²) in [6.07, 6.45) is 0. The van der Waals surface area contributed by atoms with Gasteiger partial charge < -0.3 is 9.47 Å². The highest BCUT2D eigenvalue weighted by Gasteiger charge is 2.18. The van der Waals surface area contributed by atoms with E-state index in [1.54, 1.807) is 48.5 Å². The molecule has 20 heavy (non-hydrogen) atoms. The number of benzene rings is 2. The van der Waals surface area contributed by atoms with E-state index >= 15 is 0 Å². The van der Waals surface area contributed by atoms with Crippen molar-refractivity contribution in [3.8, 4) is 11.5 Å². The zero-order valence-electron chi connectivity index (χ0n) is 11.3. The van der Waals surface area contributed by atoms with Crippen molar-refractivity contribution in [3.05, 3.63) is 59.7 Å². The molecule has 0 atom stereocenters. The Labute approximate surface area is 116 Å². The summed E-state index contributed by atoms with van der Waals surface area (Å²) in [5.74, 6) is -0.226. The first kappa shape index (κ1) is 13.8. The SMILES string of the molecule is COc1cccc(C(C)=O)c1OC(=O)c1ccccc1. The molecule has 4 heteroatoms. The molecule has 0 spiro atoms. The maximum atomic E-state index is 12.1. The lowest BCUT2D eigenvalue weighted by molar-refractivity contribution is 0.0727. The number of carbonyl (C=O) groups excluding carboxylic acids is 2. The Kier molecular flexibility index (Phi) is 4.15. The van der Waals surface area contributed by atoms with Crippen LogP contribution in [0.15, 0.2) is 48.5 Å². The van der Waals surface area contributed by atoms with Crippen molar-refractivity contribution in [1.82, 2.24) is 0 Å². The summed E-state index contributed by atoms with van der Waals surface area (Å²) in [5, 5.41) is 0. The fourth-order valence-corrected chi connectivity index (χ4v) is 1.78. The van der Waals surface area contributed by atoms with Crippen LogP contribution in [0.4, 0.5) is 0 Å². The molecule has 0 unspecified atom stereocenters. The third-order valence-corrected chi connectivity index (χ3v) is 2.78. The molecule has 0 aliphatic rings. The summed E-state index contributed by atoms with van der Waals surface area (Å²) < 4.78 is 10.5. The van der Waals surface area contributed by atoms with E-state index in [4.69, 9.17) is 9.47 Å². The highest BCUT2D eigenvalue weighted by atomic mass is 16.6. The fraction of sp³-hybridized carbons (Fsp3) is 0.125. The number of hydrogen-bond donors (Lipinski definition) is 0. The van der Waals surface area contributed by atoms with Crippen LogP contribution in [-0.4, -0.2) is 18.9 Å². The molecule has 4 nitrogen and oxygen atoms in total. The van der Waals surface area contributed by atoms with Crippen molar-refractivity contribution in [2.45, 2.75) is 6.92 Å². The molecular weight excluding hydrogens is 256 g/mol. The third kappa shape index (κ3) is 2.85. The zero-order valence-corrected chi connectivity index (χ0v) is 11.3. The molecule has 0 aromatic heterocycles. The van der Waals surface area contributed by atoms with Gasteiger partial charge in [-0.25, -0.2) is 4.79 Å². The molecule has 0 heterocycles. The van der Waals surface area contributed by atoms with Crippen LogP contribution in [0.2, 0.25) is 0 Å². The van der Waals surface area contributed by atoms with Crippen LogP contribution in [-0.2, 0) is 0 Å². The summed E-state index contributed by atoms with van der Waals surface area (Å²) in [5.41, 5.74) is 0.724. The van der Waals surface area contributed by atoms with E-state index < -0.39 is 5.97 Å². The predicted octanol–water partition coefficient (Wildman–Crippen LogP) is 3.12. The van der Waals surface area contributed by atoms with Crippen molar-refractivity contribution in [1.29, 1.82) is 0 Å². The topological polar surface area (TPSA) is 52.6 Å². The van der Waals surface area contributed by atoms with Gasteiger partial charge in [0.15, 0.2) is 17.3 Å². The average molecular weight is 270 g/mol. The second-order valence-electron chi connectivity index (χ2n) is 4.15. The van der Waals surface area contributed by atoms with Gasteiger partial charge in [0, 0.05) is 0 Å². The van der Waals surface area contributed by atoms with Gasteiger partial charge in [-0.05, 0) is 31.2 Å². The van der Waals surface area contributed by atoms with Gasteiger partial charge in [-0.3, -0.25) is 4.79 Å². The summed E-state index contributed by atoms with van der Waals surface area (Å²) in [7, 11) is 1.46. The Morgan fingerprint density at radius 1 is 0.950 bits per heavy atom. The first-order valence-corrected chi connectivity index (χ1v) is 6.08. The van der Waals surface area contributed by atoms with Gasteiger partial charge >= 0.3 is 5.97 Å². The van der Waals surface area contributed by atoms with Crippen molar-refractivity contribution in [3.63, 3.8) is 0 Å². The number of hydrogen-bond acceptors (Lipinski definition) is 4. The molecule has 0 N–H and O–H groups in total. The summed E-state index contributed by atoms with van der Waals surface area (Å²) in [6, 6.07) is 13.5. The molecule has 102 valence electrons. The maximum absolute atomic E-state index is 12.1. The van der Waals surface area contributed by atoms with E-state index in [1.807, 2.05) is 0 Å². The quantitative estimate of drug-likeness (QED) is 0.486. The number of Topliss-reactive ketones (excluding diaryl/α,β-unsaturated/α-hetero) is 1. The lowest BCUT2D eigenvalue weighted by Crippen LogP contribution is -2.11. The van der Waals surface area contributed by atoms with Crippen molar-refractivity contribution in [2.75, 3.05) is 7.11 Å². The Bertz CT molecular complexity index is 632. The molecule has 0 amide bonds. The lowest BCUT2D eigenvalue weighted by atomic mass is 10.1. The lowest BCUT2D eigenvalue weighted by Gasteiger charge is -2.12. The van der Waals surface area contributed by atoms with Crippen LogP contribution >= 0.6 is 0 Å². The highest BCUT2D eigenvalue weighted by Crippen LogP contribution is 2.32. The first-order valence-electron chi connectivity index (χ1n) is 6.08. The van der Waals surface area contributed by atoms with Crippen LogP contribution in [0.3, 0.4) is 0 Å². The normalized spacial score (nSPS) is 9.90. The maximum Gasteiger partial charge on any atom is 0.343 e. The highest BCUT2D eigenvalue weighted by molar-refractivity contribution is 6.00. The molecule has 0 fully saturated rings. The van der Waals surface area contributed by atoms with Gasteiger partial charge in [0.05, 0.1) is 18.2 Å². The second-order valence-corrected chi connectivity index (χ2v) is 4.15. The summed E-state index contributed by atoms with van der Waals surface area (Å²) in [6.45, 7) is 1.41. The molecular formula is C16H14O4. The molecule has 2 aromatic carbocycles. The number of carbonyl (C=O) groups is 2. The number of ketones is 1. The number of ether oxygens (including phenoxy) is 2. The molecule has 0 bridgehead atoms. The predicted molar refractivity (Wildman–Crippen MR) is 74.4 cm³/mol. The molecule has 0 saturated carbocycles. The molecule has 2 aromatic rings. The Balaban J connectivity index is 2.38. The van der Waals surface area contributed by atoms with Gasteiger partial charge in [-0.1, -0.05) is 24.3 Å². The van der Waals surface area contributed by atoms with Gasteiger partial charge in [0.2, 0.25) is 0 Å². The van der Waals surface area contributed by atoms with E-state index in [-0.39, 0.29) is 11.5 Å². The minimum Gasteiger partial charge on any atom is -0.493 e. The Morgan fingerprint density at radius 2 is 1.65 bits per heavy atom. The Morgan fingerprint density at radius 3 is 2.25 bits per heavy atom. The van der Waals surface area contributed by atoms with Gasteiger partial charge in [0.25, 0.3) is 0 Å². The van der Waals surface area contributed by atoms with E-state index in [0.29, 0.717) is 16.9 Å². The molecule has 2 rings (SSSR count). The largest absolute Gasteiger partial charge is 0.493 e. The van der Waals surface area contributed by atoms with Crippen LogP contribution in [0, 0.1) is 0 Å². The van der Waals surface area contributed by atoms with Crippen LogP contribution in [0.5, 0.6) is 11.5 Å². The number of methoxy groups -OCH3 is 1. The molecule has 0 aliphatic heterocycles. The third-order valence-electron chi connectivity index (χ3n) is 2.78. The van der Waals surface area contributed by atoms with E-state index in [0.717, 1.165) is 0 Å². The number of rotatable bonds is 4. The number of esters is 1. The van der Waals surface area contributed by atoms with E-state index in [9.17, 15) is 9.59 Å². The van der Waals surface area contributed by atoms with Crippen molar-refractivity contribution >= 4 is 11.8 Å². The van der Waals surface area contributed by atoms with Gasteiger partial charge in [0.1, 0.15) is 0 Å². The minimum atomic E-state index is -0.530. The zero-order chi connectivity index (χ0) is 14.5. The van der Waals surface area contributed by atoms with Crippen molar-refractivity contribution < 1.29 is 19.1 Å². The Hall–Kier alpha value is -2.62. The van der Waals surface area contributed by atoms with Crippen LogP contribution in [0.1, 0.15) is 27.6 Å². The monoisotopic (exact) mass is 270 g/mol. The van der Waals surface area contributed by atoms with E-state index in [2.05, 4.69) is 0 Å². The van der Waals surface area contributed by atoms with Gasteiger partial charge in [-0.2, -0.15) is 0 Å². The molecule has 0 saturated heterocycles. The van der Waals surface area contributed by atoms with Crippen LogP contribution in [0.25, 0.3) is 0 Å². The minimum absolute atomic E-state index is 0.149. The molecule has 0 radical (unpaired) electrons. The van der Waals surface area contributed by atoms with Crippen LogP contribution < -0.4 is 9.47 Å². The summed E-state index contributed by atoms with van der Waals surface area (Å²) in [4.78, 5) is 23.7. The van der Waals surface area contributed by atoms with E-state index in [1.165, 1.54) is 14.0 Å². The first-order chi connectivity index (χ1) is 9.63. The standard InChI is InChI=1S/C16H14O4/c1-11(17)13-9-6-10-14(19-2)15(13)20-16(18)12-7-4-3-5-8-12/h3-10H,1-2H3. The summed E-state index contributed by atoms with van der Waals surface area (Å²) >= 11 is 0. The second kappa shape index (κ2) is 6.02. The average Bonchev–Trinajstić information content (AvgIpc) is 2.48. The number of para-hydroxylation sites is 1.